The van der Waals surface area contributed by atoms with Gasteiger partial charge in [-0.15, -0.1) is 12.4 Å². The molecule has 128 valence electrons. The van der Waals surface area contributed by atoms with Crippen LogP contribution in [-0.4, -0.2) is 41.6 Å². The summed E-state index contributed by atoms with van der Waals surface area (Å²) in [6, 6.07) is 9.90. The van der Waals surface area contributed by atoms with Crippen molar-refractivity contribution in [1.82, 2.24) is 10.2 Å². The maximum absolute atomic E-state index is 12.4. The molecule has 4 nitrogen and oxygen atoms in total. The summed E-state index contributed by atoms with van der Waals surface area (Å²) in [4.78, 5) is 14.3. The lowest BCUT2D eigenvalue weighted by molar-refractivity contribution is -0.131. The Kier molecular flexibility index (Phi) is 6.88. The SMILES string of the molecule is Cl.O=C(CNCC1CC1)N1CCCC1CC(O)c1ccccc1. The number of likely N-dealkylation sites (tertiary alicyclic amines) is 1. The van der Waals surface area contributed by atoms with Crippen LogP contribution in [0.2, 0.25) is 0 Å². The lowest BCUT2D eigenvalue weighted by Gasteiger charge is -2.27. The van der Waals surface area contributed by atoms with E-state index in [2.05, 4.69) is 5.32 Å². The van der Waals surface area contributed by atoms with E-state index in [9.17, 15) is 9.90 Å². The molecule has 0 radical (unpaired) electrons. The molecule has 23 heavy (non-hydrogen) atoms. The van der Waals surface area contributed by atoms with Gasteiger partial charge in [0.15, 0.2) is 0 Å². The predicted molar refractivity (Wildman–Crippen MR) is 93.6 cm³/mol. The number of halogens is 1. The standard InChI is InChI=1S/C18H26N2O2.ClH/c21-17(15-5-2-1-3-6-15)11-16-7-4-10-20(16)18(22)13-19-12-14-8-9-14;/h1-3,5-6,14,16-17,19,21H,4,7-13H2;1H. The van der Waals surface area contributed by atoms with E-state index in [4.69, 9.17) is 0 Å². The molecule has 1 amide bonds. The van der Waals surface area contributed by atoms with Crippen molar-refractivity contribution in [2.24, 2.45) is 5.92 Å². The highest BCUT2D eigenvalue weighted by molar-refractivity contribution is 5.85. The van der Waals surface area contributed by atoms with E-state index in [-0.39, 0.29) is 24.4 Å². The maximum atomic E-state index is 12.4. The Morgan fingerprint density at radius 3 is 2.70 bits per heavy atom. The van der Waals surface area contributed by atoms with Crippen LogP contribution in [0, 0.1) is 5.92 Å². The summed E-state index contributed by atoms with van der Waals surface area (Å²) in [6.07, 6.45) is 4.80. The Morgan fingerprint density at radius 2 is 2.00 bits per heavy atom. The fourth-order valence-corrected chi connectivity index (χ4v) is 3.28. The molecule has 1 heterocycles. The number of aliphatic hydroxyl groups excluding tert-OH is 1. The van der Waals surface area contributed by atoms with Gasteiger partial charge in [-0.25, -0.2) is 0 Å². The van der Waals surface area contributed by atoms with Gasteiger partial charge in [0.05, 0.1) is 12.6 Å². The normalized spacial score (nSPS) is 21.8. The number of carbonyl (C=O) groups is 1. The summed E-state index contributed by atoms with van der Waals surface area (Å²) >= 11 is 0. The summed E-state index contributed by atoms with van der Waals surface area (Å²) in [6.45, 7) is 2.24. The van der Waals surface area contributed by atoms with Gasteiger partial charge in [-0.3, -0.25) is 4.79 Å². The maximum Gasteiger partial charge on any atom is 0.236 e. The Bertz CT molecular complexity index is 493. The third-order valence-electron chi connectivity index (χ3n) is 4.78. The number of benzene rings is 1. The van der Waals surface area contributed by atoms with Gasteiger partial charge in [0.1, 0.15) is 0 Å². The van der Waals surface area contributed by atoms with Crippen LogP contribution in [0.25, 0.3) is 0 Å². The summed E-state index contributed by atoms with van der Waals surface area (Å²) in [7, 11) is 0. The lowest BCUT2D eigenvalue weighted by Crippen LogP contribution is -2.42. The first-order valence-corrected chi connectivity index (χ1v) is 8.47. The van der Waals surface area contributed by atoms with Crippen molar-refractivity contribution in [2.45, 2.75) is 44.2 Å². The molecule has 2 atom stereocenters. The molecule has 1 aromatic rings. The highest BCUT2D eigenvalue weighted by atomic mass is 35.5. The number of aliphatic hydroxyl groups is 1. The van der Waals surface area contributed by atoms with Gasteiger partial charge in [0, 0.05) is 12.6 Å². The van der Waals surface area contributed by atoms with Crippen LogP contribution in [0.1, 0.15) is 43.8 Å². The molecule has 2 aliphatic rings. The molecular weight excluding hydrogens is 312 g/mol. The van der Waals surface area contributed by atoms with Gasteiger partial charge < -0.3 is 15.3 Å². The van der Waals surface area contributed by atoms with Gasteiger partial charge in [-0.2, -0.15) is 0 Å². The molecule has 0 bridgehead atoms. The zero-order chi connectivity index (χ0) is 15.4. The second kappa shape index (κ2) is 8.67. The Labute approximate surface area is 144 Å². The van der Waals surface area contributed by atoms with Crippen molar-refractivity contribution in [3.63, 3.8) is 0 Å². The molecule has 0 aromatic heterocycles. The molecule has 1 aliphatic heterocycles. The molecule has 0 spiro atoms. The van der Waals surface area contributed by atoms with Gasteiger partial charge in [-0.1, -0.05) is 30.3 Å². The minimum absolute atomic E-state index is 0. The first kappa shape index (κ1) is 18.2. The predicted octanol–water partition coefficient (Wildman–Crippen LogP) is 2.52. The van der Waals surface area contributed by atoms with Crippen molar-refractivity contribution < 1.29 is 9.90 Å². The molecule has 2 N–H and O–H groups in total. The van der Waals surface area contributed by atoms with Crippen LogP contribution in [0.4, 0.5) is 0 Å². The van der Waals surface area contributed by atoms with E-state index in [1.807, 2.05) is 35.2 Å². The number of nitrogens with zero attached hydrogens (tertiary/aromatic N) is 1. The van der Waals surface area contributed by atoms with Crippen molar-refractivity contribution in [3.8, 4) is 0 Å². The molecule has 3 rings (SSSR count). The molecule has 1 aromatic carbocycles. The monoisotopic (exact) mass is 338 g/mol. The van der Waals surface area contributed by atoms with E-state index in [1.165, 1.54) is 12.8 Å². The third kappa shape index (κ3) is 5.20. The molecule has 1 saturated heterocycles. The largest absolute Gasteiger partial charge is 0.388 e. The number of amides is 1. The van der Waals surface area contributed by atoms with Crippen molar-refractivity contribution >= 4 is 18.3 Å². The van der Waals surface area contributed by atoms with E-state index in [0.29, 0.717) is 13.0 Å². The van der Waals surface area contributed by atoms with E-state index in [1.54, 1.807) is 0 Å². The summed E-state index contributed by atoms with van der Waals surface area (Å²) < 4.78 is 0. The number of nitrogens with one attached hydrogen (secondary N) is 1. The second-order valence-electron chi connectivity index (χ2n) is 6.62. The molecule has 2 fully saturated rings. The van der Waals surface area contributed by atoms with Gasteiger partial charge in [0.25, 0.3) is 0 Å². The smallest absolute Gasteiger partial charge is 0.236 e. The third-order valence-corrected chi connectivity index (χ3v) is 4.78. The van der Waals surface area contributed by atoms with Crippen molar-refractivity contribution in [3.05, 3.63) is 35.9 Å². The van der Waals surface area contributed by atoms with E-state index >= 15 is 0 Å². The van der Waals surface area contributed by atoms with E-state index < -0.39 is 6.10 Å². The quantitative estimate of drug-likeness (QED) is 0.803. The first-order valence-electron chi connectivity index (χ1n) is 8.47. The summed E-state index contributed by atoms with van der Waals surface area (Å²) in [5.41, 5.74) is 0.939. The van der Waals surface area contributed by atoms with Crippen molar-refractivity contribution in [2.75, 3.05) is 19.6 Å². The summed E-state index contributed by atoms with van der Waals surface area (Å²) in [5.74, 6) is 0.977. The van der Waals surface area contributed by atoms with Crippen LogP contribution in [0.3, 0.4) is 0 Å². The average Bonchev–Trinajstić information content (AvgIpc) is 3.25. The van der Waals surface area contributed by atoms with Crippen LogP contribution < -0.4 is 5.32 Å². The van der Waals surface area contributed by atoms with Gasteiger partial charge >= 0.3 is 0 Å². The van der Waals surface area contributed by atoms with Crippen LogP contribution in [-0.2, 0) is 4.79 Å². The fraction of sp³-hybridized carbons (Fsp3) is 0.611. The number of hydrogen-bond donors (Lipinski definition) is 2. The number of rotatable bonds is 7. The molecule has 1 aliphatic carbocycles. The molecule has 5 heteroatoms. The molecule has 1 saturated carbocycles. The molecule has 2 unspecified atom stereocenters. The average molecular weight is 339 g/mol. The second-order valence-corrected chi connectivity index (χ2v) is 6.62. The number of carbonyl (C=O) groups excluding carboxylic acids is 1. The minimum Gasteiger partial charge on any atom is -0.388 e. The van der Waals surface area contributed by atoms with Crippen LogP contribution >= 0.6 is 12.4 Å². The van der Waals surface area contributed by atoms with Crippen molar-refractivity contribution in [1.29, 1.82) is 0 Å². The van der Waals surface area contributed by atoms with Crippen LogP contribution in [0.5, 0.6) is 0 Å². The number of hydrogen-bond acceptors (Lipinski definition) is 3. The van der Waals surface area contributed by atoms with Gasteiger partial charge in [0.2, 0.25) is 5.91 Å². The van der Waals surface area contributed by atoms with E-state index in [0.717, 1.165) is 37.4 Å². The van der Waals surface area contributed by atoms with Crippen LogP contribution in [0.15, 0.2) is 30.3 Å². The zero-order valence-corrected chi connectivity index (χ0v) is 14.3. The first-order chi connectivity index (χ1) is 10.7. The highest BCUT2D eigenvalue weighted by Gasteiger charge is 2.30. The summed E-state index contributed by atoms with van der Waals surface area (Å²) in [5, 5.41) is 13.7. The Balaban J connectivity index is 0.00000192. The molecular formula is C18H27ClN2O2. The lowest BCUT2D eigenvalue weighted by atomic mass is 10.0. The fourth-order valence-electron chi connectivity index (χ4n) is 3.28. The topological polar surface area (TPSA) is 52.6 Å². The minimum atomic E-state index is -0.487. The Morgan fingerprint density at radius 1 is 1.26 bits per heavy atom. The Hall–Kier alpha value is -1.10. The zero-order valence-electron chi connectivity index (χ0n) is 13.5. The highest BCUT2D eigenvalue weighted by Crippen LogP contribution is 2.28. The van der Waals surface area contributed by atoms with Gasteiger partial charge in [-0.05, 0) is 50.1 Å².